The van der Waals surface area contributed by atoms with Crippen molar-refractivity contribution in [2.75, 3.05) is 68.0 Å². The van der Waals surface area contributed by atoms with Crippen molar-refractivity contribution in [2.24, 2.45) is 0 Å². The van der Waals surface area contributed by atoms with Crippen LogP contribution in [0.25, 0.3) is 11.3 Å². The van der Waals surface area contributed by atoms with Crippen LogP contribution in [0.2, 0.25) is 0 Å². The van der Waals surface area contributed by atoms with Crippen LogP contribution in [0.5, 0.6) is 11.5 Å². The van der Waals surface area contributed by atoms with Crippen molar-refractivity contribution < 1.29 is 14.2 Å². The van der Waals surface area contributed by atoms with Crippen molar-refractivity contribution in [3.63, 3.8) is 0 Å². The van der Waals surface area contributed by atoms with Gasteiger partial charge in [-0.1, -0.05) is 18.2 Å². The summed E-state index contributed by atoms with van der Waals surface area (Å²) in [6.45, 7) is 6.59. The number of nitrogens with zero attached hydrogens (tertiary/aromatic N) is 5. The maximum Gasteiger partial charge on any atom is 0.188 e. The molecular formula is C28H34FN7O2. The third kappa shape index (κ3) is 4.81. The predicted octanol–water partition coefficient (Wildman–Crippen LogP) is 2.71. The third-order valence-corrected chi connectivity index (χ3v) is 7.90. The Morgan fingerprint density at radius 2 is 1.76 bits per heavy atom. The first-order valence-corrected chi connectivity index (χ1v) is 13.4. The summed E-state index contributed by atoms with van der Waals surface area (Å²) in [5, 5.41) is 22.0. The Bertz CT molecular complexity index is 1270. The maximum absolute atomic E-state index is 15.7. The SMILES string of the molecule is Nc1nnc(-c2ccccc2O)cc1N1C[C@H]2CC[C@@H](C1)N2c1cccc(OCCN2CCNCC2)c1F. The molecule has 3 aliphatic rings. The monoisotopic (exact) mass is 519 g/mol. The molecule has 0 aliphatic carbocycles. The highest BCUT2D eigenvalue weighted by molar-refractivity contribution is 5.74. The Hall–Kier alpha value is -3.63. The average molecular weight is 520 g/mol. The van der Waals surface area contributed by atoms with Gasteiger partial charge in [0, 0.05) is 63.5 Å². The first kappa shape index (κ1) is 24.7. The van der Waals surface area contributed by atoms with Gasteiger partial charge in [-0.25, -0.2) is 4.39 Å². The molecule has 0 amide bonds. The Morgan fingerprint density at radius 1 is 1.00 bits per heavy atom. The highest BCUT2D eigenvalue weighted by Crippen LogP contribution is 2.41. The smallest absolute Gasteiger partial charge is 0.188 e. The van der Waals surface area contributed by atoms with Crippen LogP contribution in [-0.4, -0.2) is 84.7 Å². The topological polar surface area (TPSA) is 103 Å². The number of para-hydroxylation sites is 1. The second-order valence-electron chi connectivity index (χ2n) is 10.2. The van der Waals surface area contributed by atoms with E-state index in [0.29, 0.717) is 48.2 Å². The van der Waals surface area contributed by atoms with Crippen LogP contribution in [0.15, 0.2) is 48.5 Å². The number of nitrogens with two attached hydrogens (primary N) is 1. The van der Waals surface area contributed by atoms with Crippen LogP contribution in [-0.2, 0) is 0 Å². The van der Waals surface area contributed by atoms with Crippen LogP contribution in [0.1, 0.15) is 12.8 Å². The molecule has 2 bridgehead atoms. The first-order chi connectivity index (χ1) is 18.6. The van der Waals surface area contributed by atoms with Gasteiger partial charge in [0.05, 0.1) is 17.1 Å². The molecule has 4 N–H and O–H groups in total. The Balaban J connectivity index is 1.18. The van der Waals surface area contributed by atoms with E-state index in [0.717, 1.165) is 51.3 Å². The third-order valence-electron chi connectivity index (χ3n) is 7.90. The Labute approximate surface area is 222 Å². The zero-order valence-electron chi connectivity index (χ0n) is 21.4. The van der Waals surface area contributed by atoms with Crippen LogP contribution in [0, 0.1) is 5.82 Å². The van der Waals surface area contributed by atoms with Gasteiger partial charge in [-0.3, -0.25) is 4.90 Å². The minimum Gasteiger partial charge on any atom is -0.507 e. The number of hydrogen-bond donors (Lipinski definition) is 3. The largest absolute Gasteiger partial charge is 0.507 e. The number of hydrogen-bond acceptors (Lipinski definition) is 9. The normalized spacial score (nSPS) is 21.6. The minimum absolute atomic E-state index is 0.139. The number of phenolic OH excluding ortho intramolecular Hbond substituents is 1. The number of nitrogens with one attached hydrogen (secondary N) is 1. The average Bonchev–Trinajstić information content (AvgIpc) is 3.19. The lowest BCUT2D eigenvalue weighted by Crippen LogP contribution is -2.54. The zero-order chi connectivity index (χ0) is 26.1. The molecule has 0 saturated carbocycles. The van der Waals surface area contributed by atoms with E-state index in [4.69, 9.17) is 10.5 Å². The first-order valence-electron chi connectivity index (χ1n) is 13.4. The number of fused-ring (bicyclic) bond motifs is 2. The fourth-order valence-corrected chi connectivity index (χ4v) is 5.99. The van der Waals surface area contributed by atoms with Crippen molar-refractivity contribution >= 4 is 17.2 Å². The number of phenols is 1. The van der Waals surface area contributed by atoms with Gasteiger partial charge >= 0.3 is 0 Å². The highest BCUT2D eigenvalue weighted by atomic mass is 19.1. The predicted molar refractivity (Wildman–Crippen MR) is 146 cm³/mol. The summed E-state index contributed by atoms with van der Waals surface area (Å²) in [5.74, 6) is 0.524. The van der Waals surface area contributed by atoms with E-state index in [9.17, 15) is 5.11 Å². The number of aromatic nitrogens is 2. The highest BCUT2D eigenvalue weighted by Gasteiger charge is 2.42. The number of nitrogen functional groups attached to an aromatic ring is 1. The molecule has 6 rings (SSSR count). The summed E-state index contributed by atoms with van der Waals surface area (Å²) in [6.07, 6.45) is 1.94. The number of aromatic hydroxyl groups is 1. The van der Waals surface area contributed by atoms with Gasteiger partial charge in [-0.05, 0) is 43.2 Å². The Morgan fingerprint density at radius 3 is 2.53 bits per heavy atom. The van der Waals surface area contributed by atoms with Gasteiger partial charge in [-0.15, -0.1) is 10.2 Å². The van der Waals surface area contributed by atoms with Crippen molar-refractivity contribution in [3.05, 3.63) is 54.3 Å². The van der Waals surface area contributed by atoms with Crippen LogP contribution in [0.3, 0.4) is 0 Å². The summed E-state index contributed by atoms with van der Waals surface area (Å²) in [4.78, 5) is 6.78. The molecule has 9 nitrogen and oxygen atoms in total. The molecule has 0 radical (unpaired) electrons. The summed E-state index contributed by atoms with van der Waals surface area (Å²) in [7, 11) is 0. The molecule has 4 heterocycles. The minimum atomic E-state index is -0.287. The summed E-state index contributed by atoms with van der Waals surface area (Å²) in [5.41, 5.74) is 8.84. The molecule has 2 atom stereocenters. The number of ether oxygens (including phenoxy) is 1. The van der Waals surface area contributed by atoms with E-state index in [2.05, 4.69) is 30.2 Å². The molecule has 0 spiro atoms. The molecule has 3 saturated heterocycles. The molecule has 3 fully saturated rings. The molecular weight excluding hydrogens is 485 g/mol. The second kappa shape index (κ2) is 10.6. The van der Waals surface area contributed by atoms with Crippen LogP contribution in [0.4, 0.5) is 21.6 Å². The number of halogens is 1. The van der Waals surface area contributed by atoms with Gasteiger partial charge in [-0.2, -0.15) is 0 Å². The molecule has 10 heteroatoms. The van der Waals surface area contributed by atoms with Gasteiger partial charge in [0.1, 0.15) is 12.4 Å². The van der Waals surface area contributed by atoms with E-state index in [1.165, 1.54) is 0 Å². The van der Waals surface area contributed by atoms with Crippen LogP contribution < -0.4 is 25.6 Å². The molecule has 38 heavy (non-hydrogen) atoms. The molecule has 0 unspecified atom stereocenters. The number of piperazine rings is 2. The van der Waals surface area contributed by atoms with Crippen LogP contribution >= 0.6 is 0 Å². The summed E-state index contributed by atoms with van der Waals surface area (Å²) >= 11 is 0. The van der Waals surface area contributed by atoms with Gasteiger partial charge < -0.3 is 30.7 Å². The number of anilines is 3. The van der Waals surface area contributed by atoms with Crippen molar-refractivity contribution in [1.29, 1.82) is 0 Å². The lowest BCUT2D eigenvalue weighted by Gasteiger charge is -2.43. The fraction of sp³-hybridized carbons (Fsp3) is 0.429. The molecule has 3 aliphatic heterocycles. The summed E-state index contributed by atoms with van der Waals surface area (Å²) < 4.78 is 21.6. The van der Waals surface area contributed by atoms with Gasteiger partial charge in [0.15, 0.2) is 17.4 Å². The quantitative estimate of drug-likeness (QED) is 0.435. The van der Waals surface area contributed by atoms with E-state index in [-0.39, 0.29) is 23.7 Å². The molecule has 200 valence electrons. The van der Waals surface area contributed by atoms with Gasteiger partial charge in [0.25, 0.3) is 0 Å². The zero-order valence-corrected chi connectivity index (χ0v) is 21.4. The maximum atomic E-state index is 15.7. The van der Waals surface area contributed by atoms with Crippen molar-refractivity contribution in [1.82, 2.24) is 20.4 Å². The van der Waals surface area contributed by atoms with Gasteiger partial charge in [0.2, 0.25) is 0 Å². The standard InChI is InChI=1S/C28H34FN7O2/c29-27-23(5-3-7-26(27)38-15-14-34-12-10-31-11-13-34)36-19-8-9-20(36)18-35(17-19)24-16-22(32-33-28(24)30)21-4-1-2-6-25(21)37/h1-7,16,19-20,31,37H,8-15,17-18H2,(H2,30,33)/t19-,20+. The molecule has 2 aromatic carbocycles. The number of rotatable bonds is 7. The Kier molecular flexibility index (Phi) is 6.90. The summed E-state index contributed by atoms with van der Waals surface area (Å²) in [6, 6.07) is 14.7. The number of benzene rings is 2. The van der Waals surface area contributed by atoms with E-state index < -0.39 is 0 Å². The van der Waals surface area contributed by atoms with Crippen molar-refractivity contribution in [2.45, 2.75) is 24.9 Å². The van der Waals surface area contributed by atoms with Crippen molar-refractivity contribution in [3.8, 4) is 22.8 Å². The second-order valence-corrected chi connectivity index (χ2v) is 10.2. The van der Waals surface area contributed by atoms with E-state index in [1.54, 1.807) is 18.2 Å². The van der Waals surface area contributed by atoms with E-state index >= 15 is 4.39 Å². The lowest BCUT2D eigenvalue weighted by molar-refractivity contribution is 0.188. The lowest BCUT2D eigenvalue weighted by atomic mass is 10.1. The fourth-order valence-electron chi connectivity index (χ4n) is 5.99. The van der Waals surface area contributed by atoms with E-state index in [1.807, 2.05) is 30.3 Å². The molecule has 3 aromatic rings. The molecule has 1 aromatic heterocycles.